The van der Waals surface area contributed by atoms with Gasteiger partial charge in [0.15, 0.2) is 0 Å². The molecule has 0 spiro atoms. The van der Waals surface area contributed by atoms with Crippen molar-refractivity contribution in [3.8, 4) is 0 Å². The first kappa shape index (κ1) is 10.0. The van der Waals surface area contributed by atoms with Gasteiger partial charge in [0.1, 0.15) is 0 Å². The predicted molar refractivity (Wildman–Crippen MR) is 48.1 cm³/mol. The van der Waals surface area contributed by atoms with E-state index >= 15 is 0 Å². The molecule has 2 rings (SSSR count). The molecule has 62 valence electrons. The van der Waals surface area contributed by atoms with Gasteiger partial charge >= 0.3 is 0 Å². The normalized spacial score (nSPS) is 38.7. The zero-order chi connectivity index (χ0) is 8.15. The fourth-order valence-corrected chi connectivity index (χ4v) is 1.70. The van der Waals surface area contributed by atoms with E-state index in [-0.39, 0.29) is 0 Å². The van der Waals surface area contributed by atoms with Gasteiger partial charge in [-0.3, -0.25) is 0 Å². The van der Waals surface area contributed by atoms with Crippen LogP contribution in [0.2, 0.25) is 0 Å². The van der Waals surface area contributed by atoms with Crippen molar-refractivity contribution in [1.82, 2.24) is 0 Å². The zero-order valence-electron chi connectivity index (χ0n) is 8.15. The van der Waals surface area contributed by atoms with Crippen molar-refractivity contribution in [2.45, 2.75) is 47.5 Å². The van der Waals surface area contributed by atoms with Crippen molar-refractivity contribution >= 4 is 0 Å². The van der Waals surface area contributed by atoms with E-state index in [1.54, 1.807) is 12.8 Å². The van der Waals surface area contributed by atoms with Crippen molar-refractivity contribution in [2.24, 2.45) is 17.8 Å². The molecular weight excluding hydrogens is 120 g/mol. The lowest BCUT2D eigenvalue weighted by molar-refractivity contribution is 0.317. The van der Waals surface area contributed by atoms with Crippen molar-refractivity contribution in [2.75, 3.05) is 0 Å². The molecule has 0 aromatic rings. The zero-order valence-corrected chi connectivity index (χ0v) is 8.15. The van der Waals surface area contributed by atoms with Crippen molar-refractivity contribution in [3.05, 3.63) is 0 Å². The first-order chi connectivity index (χ1) is 4.88. The minimum absolute atomic E-state index is 1.11. The average molecular weight is 142 g/mol. The lowest BCUT2D eigenvalue weighted by Gasteiger charge is -2.18. The summed E-state index contributed by atoms with van der Waals surface area (Å²) < 4.78 is 0. The Morgan fingerprint density at radius 2 is 1.40 bits per heavy atom. The maximum atomic E-state index is 2.37. The fourth-order valence-electron chi connectivity index (χ4n) is 1.70. The van der Waals surface area contributed by atoms with Gasteiger partial charge in [0.2, 0.25) is 0 Å². The van der Waals surface area contributed by atoms with Crippen molar-refractivity contribution in [1.29, 1.82) is 0 Å². The first-order valence-corrected chi connectivity index (χ1v) is 4.88. The van der Waals surface area contributed by atoms with E-state index in [2.05, 4.69) is 6.92 Å². The average Bonchev–Trinajstić information content (AvgIpc) is 2.69. The Hall–Kier alpha value is 0. The molecule has 0 nitrogen and oxygen atoms in total. The lowest BCUT2D eigenvalue weighted by atomic mass is 9.88. The predicted octanol–water partition coefficient (Wildman–Crippen LogP) is 3.71. The Morgan fingerprint density at radius 1 is 0.900 bits per heavy atom. The van der Waals surface area contributed by atoms with Crippen LogP contribution < -0.4 is 0 Å². The van der Waals surface area contributed by atoms with E-state index in [0.717, 1.165) is 5.92 Å². The molecule has 2 saturated carbocycles. The molecular formula is C10H22. The summed E-state index contributed by atoms with van der Waals surface area (Å²) in [7, 11) is 0. The Labute approximate surface area is 66.0 Å². The maximum Gasteiger partial charge on any atom is -0.0357 e. The topological polar surface area (TPSA) is 0 Å². The molecule has 0 saturated heterocycles. The van der Waals surface area contributed by atoms with Gasteiger partial charge in [-0.1, -0.05) is 34.6 Å². The van der Waals surface area contributed by atoms with E-state index in [4.69, 9.17) is 0 Å². The summed E-state index contributed by atoms with van der Waals surface area (Å²) in [5.74, 6) is 3.51. The van der Waals surface area contributed by atoms with E-state index in [9.17, 15) is 0 Å². The summed E-state index contributed by atoms with van der Waals surface area (Å²) in [6, 6.07) is 0. The van der Waals surface area contributed by atoms with Gasteiger partial charge in [-0.05, 0) is 30.6 Å². The standard InChI is InChI=1S/C6H10.2C2H6/c1-4-2-5-3-6(4)5;2*1-2/h4-6H,2-3H2,1H3;2*1-2H3. The van der Waals surface area contributed by atoms with Crippen LogP contribution in [-0.4, -0.2) is 0 Å². The molecule has 0 radical (unpaired) electrons. The van der Waals surface area contributed by atoms with Crippen LogP contribution in [-0.2, 0) is 0 Å². The second-order valence-corrected chi connectivity index (χ2v) is 2.87. The van der Waals surface area contributed by atoms with Gasteiger partial charge in [0, 0.05) is 0 Å². The van der Waals surface area contributed by atoms with Crippen LogP contribution in [0.3, 0.4) is 0 Å². The number of fused-ring (bicyclic) bond motifs is 1. The Kier molecular flexibility index (Phi) is 4.76. The van der Waals surface area contributed by atoms with Gasteiger partial charge in [-0.25, -0.2) is 0 Å². The van der Waals surface area contributed by atoms with Gasteiger partial charge in [-0.15, -0.1) is 0 Å². The van der Waals surface area contributed by atoms with Gasteiger partial charge in [-0.2, -0.15) is 0 Å². The molecule has 0 aromatic carbocycles. The first-order valence-electron chi connectivity index (χ1n) is 4.88. The van der Waals surface area contributed by atoms with Crippen LogP contribution in [0.1, 0.15) is 47.5 Å². The van der Waals surface area contributed by atoms with Crippen LogP contribution in [0.25, 0.3) is 0 Å². The molecule has 0 aromatic heterocycles. The Bertz CT molecular complexity index is 76.1. The number of rotatable bonds is 0. The van der Waals surface area contributed by atoms with Crippen LogP contribution in [0.4, 0.5) is 0 Å². The van der Waals surface area contributed by atoms with E-state index in [0.29, 0.717) is 0 Å². The van der Waals surface area contributed by atoms with Crippen LogP contribution in [0.15, 0.2) is 0 Å². The van der Waals surface area contributed by atoms with Crippen LogP contribution in [0, 0.1) is 17.8 Å². The summed E-state index contributed by atoms with van der Waals surface area (Å²) >= 11 is 0. The van der Waals surface area contributed by atoms with Crippen molar-refractivity contribution in [3.63, 3.8) is 0 Å². The second-order valence-electron chi connectivity index (χ2n) is 2.87. The minimum Gasteiger partial charge on any atom is -0.0683 e. The van der Waals surface area contributed by atoms with Gasteiger partial charge < -0.3 is 0 Å². The van der Waals surface area contributed by atoms with E-state index in [1.165, 1.54) is 11.8 Å². The molecule has 0 heterocycles. The van der Waals surface area contributed by atoms with Crippen molar-refractivity contribution < 1.29 is 0 Å². The van der Waals surface area contributed by atoms with Crippen LogP contribution >= 0.6 is 0 Å². The molecule has 2 aliphatic rings. The van der Waals surface area contributed by atoms with E-state index in [1.807, 2.05) is 27.7 Å². The SMILES string of the molecule is CC.CC.CC1CC2CC12. The smallest absolute Gasteiger partial charge is 0.0357 e. The third kappa shape index (κ3) is 2.00. The summed E-state index contributed by atoms with van der Waals surface area (Å²) in [5.41, 5.74) is 0. The molecule has 2 fully saturated rings. The molecule has 0 bridgehead atoms. The number of hydrogen-bond acceptors (Lipinski definition) is 0. The molecule has 0 amide bonds. The molecule has 3 atom stereocenters. The third-order valence-electron chi connectivity index (χ3n) is 2.38. The molecule has 0 aliphatic heterocycles. The molecule has 0 heteroatoms. The number of hydrogen-bond donors (Lipinski definition) is 0. The Morgan fingerprint density at radius 3 is 1.40 bits per heavy atom. The monoisotopic (exact) mass is 142 g/mol. The highest BCUT2D eigenvalue weighted by atomic mass is 14.6. The summed E-state index contributed by atoms with van der Waals surface area (Å²) in [6.07, 6.45) is 3.12. The summed E-state index contributed by atoms with van der Waals surface area (Å²) in [6.45, 7) is 10.4. The fraction of sp³-hybridized carbons (Fsp3) is 1.00. The molecule has 2 aliphatic carbocycles. The second kappa shape index (κ2) is 4.76. The molecule has 3 unspecified atom stereocenters. The summed E-state index contributed by atoms with van der Waals surface area (Å²) in [4.78, 5) is 0. The van der Waals surface area contributed by atoms with Crippen LogP contribution in [0.5, 0.6) is 0 Å². The largest absolute Gasteiger partial charge is 0.0683 e. The maximum absolute atomic E-state index is 2.37. The minimum atomic E-state index is 1.11. The van der Waals surface area contributed by atoms with Gasteiger partial charge in [0.05, 0.1) is 0 Å². The third-order valence-corrected chi connectivity index (χ3v) is 2.38. The molecule has 0 N–H and O–H groups in total. The molecule has 10 heavy (non-hydrogen) atoms. The highest BCUT2D eigenvalue weighted by Gasteiger charge is 2.50. The summed E-state index contributed by atoms with van der Waals surface area (Å²) in [5, 5.41) is 0. The highest BCUT2D eigenvalue weighted by Crippen LogP contribution is 2.59. The van der Waals surface area contributed by atoms with E-state index < -0.39 is 0 Å². The Balaban J connectivity index is 0.000000180. The quantitative estimate of drug-likeness (QED) is 0.483. The lowest BCUT2D eigenvalue weighted by Crippen LogP contribution is -2.10. The highest BCUT2D eigenvalue weighted by molar-refractivity contribution is 5.00. The van der Waals surface area contributed by atoms with Gasteiger partial charge in [0.25, 0.3) is 0 Å².